The number of fused-ring (bicyclic) bond motifs is 1. The Bertz CT molecular complexity index is 801. The molecule has 0 unspecified atom stereocenters. The first-order valence-corrected chi connectivity index (χ1v) is 7.20. The van der Waals surface area contributed by atoms with Crippen LogP contribution in [0.4, 0.5) is 10.1 Å². The Hall–Kier alpha value is -2.69. The van der Waals surface area contributed by atoms with Crippen molar-refractivity contribution in [3.05, 3.63) is 65.9 Å². The van der Waals surface area contributed by atoms with E-state index in [2.05, 4.69) is 14.9 Å². The van der Waals surface area contributed by atoms with E-state index in [0.29, 0.717) is 12.4 Å². The maximum atomic E-state index is 13.4. The van der Waals surface area contributed by atoms with Gasteiger partial charge in [-0.1, -0.05) is 12.1 Å². The summed E-state index contributed by atoms with van der Waals surface area (Å²) in [6, 6.07) is 12.3. The van der Waals surface area contributed by atoms with E-state index in [4.69, 9.17) is 4.42 Å². The average Bonchev–Trinajstić information content (AvgIpc) is 2.99. The van der Waals surface area contributed by atoms with E-state index in [-0.39, 0.29) is 5.82 Å². The SMILES string of the molecule is Fc1cccc(N2CCc3oc(-c4ccccn4)nc3C2)c1. The molecule has 1 aliphatic heterocycles. The first kappa shape index (κ1) is 13.0. The number of anilines is 1. The van der Waals surface area contributed by atoms with Gasteiger partial charge >= 0.3 is 0 Å². The Morgan fingerprint density at radius 1 is 1.14 bits per heavy atom. The third-order valence-electron chi connectivity index (χ3n) is 3.79. The number of halogens is 1. The van der Waals surface area contributed by atoms with Gasteiger partial charge in [-0.15, -0.1) is 0 Å². The van der Waals surface area contributed by atoms with Gasteiger partial charge in [-0.05, 0) is 30.3 Å². The van der Waals surface area contributed by atoms with Gasteiger partial charge < -0.3 is 9.32 Å². The van der Waals surface area contributed by atoms with Gasteiger partial charge in [-0.2, -0.15) is 0 Å². The highest BCUT2D eigenvalue weighted by Gasteiger charge is 2.23. The standard InChI is InChI=1S/C17H14FN3O/c18-12-4-3-5-13(10-12)21-9-7-16-15(11-21)20-17(22-16)14-6-1-2-8-19-14/h1-6,8,10H,7,9,11H2. The lowest BCUT2D eigenvalue weighted by Crippen LogP contribution is -2.30. The van der Waals surface area contributed by atoms with Gasteiger partial charge in [-0.25, -0.2) is 9.37 Å². The molecule has 22 heavy (non-hydrogen) atoms. The fourth-order valence-corrected chi connectivity index (χ4v) is 2.69. The van der Waals surface area contributed by atoms with Crippen LogP contribution in [0, 0.1) is 5.82 Å². The molecule has 0 N–H and O–H groups in total. The Balaban J connectivity index is 1.63. The van der Waals surface area contributed by atoms with Crippen molar-refractivity contribution in [2.45, 2.75) is 13.0 Å². The third kappa shape index (κ3) is 2.35. The molecule has 2 aromatic heterocycles. The highest BCUT2D eigenvalue weighted by molar-refractivity contribution is 5.51. The molecule has 0 saturated heterocycles. The topological polar surface area (TPSA) is 42.2 Å². The summed E-state index contributed by atoms with van der Waals surface area (Å²) in [5, 5.41) is 0. The van der Waals surface area contributed by atoms with Crippen LogP contribution in [0.2, 0.25) is 0 Å². The van der Waals surface area contributed by atoms with Crippen LogP contribution in [-0.2, 0) is 13.0 Å². The van der Waals surface area contributed by atoms with Crippen LogP contribution in [0.5, 0.6) is 0 Å². The molecule has 1 aromatic carbocycles. The van der Waals surface area contributed by atoms with Crippen LogP contribution in [0.25, 0.3) is 11.6 Å². The molecular formula is C17H14FN3O. The van der Waals surface area contributed by atoms with Gasteiger partial charge in [0.1, 0.15) is 23.0 Å². The van der Waals surface area contributed by atoms with E-state index in [1.54, 1.807) is 18.3 Å². The van der Waals surface area contributed by atoms with Crippen molar-refractivity contribution in [3.63, 3.8) is 0 Å². The monoisotopic (exact) mass is 295 g/mol. The Morgan fingerprint density at radius 2 is 2.09 bits per heavy atom. The van der Waals surface area contributed by atoms with E-state index in [1.807, 2.05) is 24.3 Å². The minimum absolute atomic E-state index is 0.224. The molecule has 5 heteroatoms. The first-order valence-electron chi connectivity index (χ1n) is 7.20. The molecule has 1 aliphatic rings. The van der Waals surface area contributed by atoms with E-state index in [9.17, 15) is 4.39 Å². The third-order valence-corrected chi connectivity index (χ3v) is 3.79. The molecule has 0 radical (unpaired) electrons. The second kappa shape index (κ2) is 5.26. The molecule has 0 saturated carbocycles. The summed E-state index contributed by atoms with van der Waals surface area (Å²) in [6.07, 6.45) is 2.48. The van der Waals surface area contributed by atoms with Gasteiger partial charge in [0.05, 0.1) is 6.54 Å². The molecule has 0 fully saturated rings. The molecule has 3 aromatic rings. The average molecular weight is 295 g/mol. The Morgan fingerprint density at radius 3 is 2.91 bits per heavy atom. The normalized spacial score (nSPS) is 14.0. The molecule has 0 aliphatic carbocycles. The van der Waals surface area contributed by atoms with Crippen molar-refractivity contribution in [2.75, 3.05) is 11.4 Å². The van der Waals surface area contributed by atoms with Crippen molar-refractivity contribution in [2.24, 2.45) is 0 Å². The summed E-state index contributed by atoms with van der Waals surface area (Å²) in [5.41, 5.74) is 2.50. The predicted molar refractivity (Wildman–Crippen MR) is 80.9 cm³/mol. The van der Waals surface area contributed by atoms with Gasteiger partial charge in [0.25, 0.3) is 0 Å². The predicted octanol–water partition coefficient (Wildman–Crippen LogP) is 3.44. The van der Waals surface area contributed by atoms with Gasteiger partial charge in [-0.3, -0.25) is 4.98 Å². The molecule has 110 valence electrons. The number of hydrogen-bond acceptors (Lipinski definition) is 4. The number of hydrogen-bond donors (Lipinski definition) is 0. The largest absolute Gasteiger partial charge is 0.439 e. The zero-order chi connectivity index (χ0) is 14.9. The van der Waals surface area contributed by atoms with Crippen molar-refractivity contribution >= 4 is 5.69 Å². The maximum absolute atomic E-state index is 13.4. The van der Waals surface area contributed by atoms with Crippen LogP contribution >= 0.6 is 0 Å². The Labute approximate surface area is 127 Å². The van der Waals surface area contributed by atoms with E-state index < -0.39 is 0 Å². The Kier molecular flexibility index (Phi) is 3.11. The smallest absolute Gasteiger partial charge is 0.245 e. The van der Waals surface area contributed by atoms with Gasteiger partial charge in [0, 0.05) is 24.8 Å². The number of nitrogens with zero attached hydrogens (tertiary/aromatic N) is 3. The second-order valence-electron chi connectivity index (χ2n) is 5.26. The van der Waals surface area contributed by atoms with E-state index in [1.165, 1.54) is 6.07 Å². The minimum Gasteiger partial charge on any atom is -0.439 e. The fraction of sp³-hybridized carbons (Fsp3) is 0.176. The van der Waals surface area contributed by atoms with E-state index >= 15 is 0 Å². The lowest BCUT2D eigenvalue weighted by atomic mass is 10.1. The first-order chi connectivity index (χ1) is 10.8. The summed E-state index contributed by atoms with van der Waals surface area (Å²) in [5.74, 6) is 1.22. The van der Waals surface area contributed by atoms with Crippen molar-refractivity contribution in [3.8, 4) is 11.6 Å². The van der Waals surface area contributed by atoms with Crippen LogP contribution in [0.15, 0.2) is 53.1 Å². The number of rotatable bonds is 2. The second-order valence-corrected chi connectivity index (χ2v) is 5.26. The van der Waals surface area contributed by atoms with Gasteiger partial charge in [0.2, 0.25) is 5.89 Å². The molecule has 4 rings (SSSR count). The molecule has 0 spiro atoms. The van der Waals surface area contributed by atoms with Crippen LogP contribution in [0.3, 0.4) is 0 Å². The zero-order valence-electron chi connectivity index (χ0n) is 11.9. The number of aromatic nitrogens is 2. The van der Waals surface area contributed by atoms with Crippen molar-refractivity contribution in [1.82, 2.24) is 9.97 Å². The number of pyridine rings is 1. The summed E-state index contributed by atoms with van der Waals surface area (Å²) in [7, 11) is 0. The maximum Gasteiger partial charge on any atom is 0.245 e. The lowest BCUT2D eigenvalue weighted by Gasteiger charge is -2.27. The number of benzene rings is 1. The highest BCUT2D eigenvalue weighted by Crippen LogP contribution is 2.28. The fourth-order valence-electron chi connectivity index (χ4n) is 2.69. The van der Waals surface area contributed by atoms with Crippen LogP contribution in [0.1, 0.15) is 11.5 Å². The number of oxazole rings is 1. The quantitative estimate of drug-likeness (QED) is 0.726. The molecule has 4 nitrogen and oxygen atoms in total. The van der Waals surface area contributed by atoms with Gasteiger partial charge in [0.15, 0.2) is 0 Å². The van der Waals surface area contributed by atoms with Crippen molar-refractivity contribution in [1.29, 1.82) is 0 Å². The van der Waals surface area contributed by atoms with Crippen molar-refractivity contribution < 1.29 is 8.81 Å². The minimum atomic E-state index is -0.224. The molecule has 0 atom stereocenters. The van der Waals surface area contributed by atoms with Crippen LogP contribution in [-0.4, -0.2) is 16.5 Å². The van der Waals surface area contributed by atoms with E-state index in [0.717, 1.165) is 35.8 Å². The summed E-state index contributed by atoms with van der Waals surface area (Å²) >= 11 is 0. The summed E-state index contributed by atoms with van der Waals surface area (Å²) < 4.78 is 19.2. The van der Waals surface area contributed by atoms with Crippen LogP contribution < -0.4 is 4.90 Å². The molecule has 0 amide bonds. The summed E-state index contributed by atoms with van der Waals surface area (Å²) in [4.78, 5) is 10.9. The summed E-state index contributed by atoms with van der Waals surface area (Å²) in [6.45, 7) is 1.41. The zero-order valence-corrected chi connectivity index (χ0v) is 11.9. The highest BCUT2D eigenvalue weighted by atomic mass is 19.1. The molecule has 3 heterocycles. The lowest BCUT2D eigenvalue weighted by molar-refractivity contribution is 0.498. The molecular weight excluding hydrogens is 281 g/mol. The molecule has 0 bridgehead atoms.